The topological polar surface area (TPSA) is 71.3 Å². The van der Waals surface area contributed by atoms with E-state index in [2.05, 4.69) is 29.8 Å². The van der Waals surface area contributed by atoms with Gasteiger partial charge < -0.3 is 15.0 Å². The van der Waals surface area contributed by atoms with Gasteiger partial charge in [-0.05, 0) is 35.9 Å². The molecule has 148 valence electrons. The summed E-state index contributed by atoms with van der Waals surface area (Å²) in [6.45, 7) is 3.29. The highest BCUT2D eigenvalue weighted by Crippen LogP contribution is 2.29. The molecule has 0 fully saturated rings. The number of rotatable bonds is 13. The van der Waals surface area contributed by atoms with Crippen LogP contribution in [0.15, 0.2) is 23.7 Å². The molecule has 0 aliphatic rings. The van der Waals surface area contributed by atoms with Gasteiger partial charge in [0.25, 0.3) is 0 Å². The third kappa shape index (κ3) is 7.31. The highest BCUT2D eigenvalue weighted by Gasteiger charge is 2.10. The van der Waals surface area contributed by atoms with Gasteiger partial charge in [-0.3, -0.25) is 9.59 Å². The van der Waals surface area contributed by atoms with Crippen LogP contribution in [0.25, 0.3) is 10.4 Å². The zero-order valence-electron chi connectivity index (χ0n) is 16.3. The van der Waals surface area contributed by atoms with Crippen molar-refractivity contribution >= 4 is 23.1 Å². The van der Waals surface area contributed by atoms with Gasteiger partial charge in [-0.2, -0.15) is 0 Å². The number of ketones is 1. The fraction of sp³-hybridized carbons (Fsp3) is 0.524. The van der Waals surface area contributed by atoms with Crippen LogP contribution in [-0.2, 0) is 29.6 Å². The lowest BCUT2D eigenvalue weighted by Crippen LogP contribution is -2.22. The second-order valence-electron chi connectivity index (χ2n) is 7.00. The lowest BCUT2D eigenvalue weighted by molar-refractivity contribution is -0.137. The molecule has 6 heteroatoms. The molecule has 27 heavy (non-hydrogen) atoms. The molecule has 0 spiro atoms. The van der Waals surface area contributed by atoms with Crippen LogP contribution in [0.4, 0.5) is 0 Å². The quantitative estimate of drug-likeness (QED) is 0.497. The fourth-order valence-electron chi connectivity index (χ4n) is 3.03. The van der Waals surface area contributed by atoms with Crippen LogP contribution in [0.2, 0.25) is 0 Å². The molecule has 2 heterocycles. The number of carbonyl (C=O) groups excluding carboxylic acids is 1. The van der Waals surface area contributed by atoms with E-state index in [1.165, 1.54) is 18.4 Å². The summed E-state index contributed by atoms with van der Waals surface area (Å²) in [6.07, 6.45) is 7.92. The van der Waals surface area contributed by atoms with Gasteiger partial charge in [0.05, 0.1) is 13.0 Å². The zero-order chi connectivity index (χ0) is 19.6. The molecule has 2 N–H and O–H groups in total. The molecular weight excluding hydrogens is 360 g/mol. The first-order chi connectivity index (χ1) is 13.0. The second kappa shape index (κ2) is 11.0. The molecule has 0 saturated heterocycles. The number of carboxylic acids is 1. The number of carboxylic acid groups (broad SMARTS) is 1. The van der Waals surface area contributed by atoms with Crippen molar-refractivity contribution in [1.82, 2.24) is 9.88 Å². The Morgan fingerprint density at radius 1 is 1.19 bits per heavy atom. The Morgan fingerprint density at radius 2 is 2.00 bits per heavy atom. The number of aromatic nitrogens is 1. The van der Waals surface area contributed by atoms with Gasteiger partial charge in [-0.1, -0.05) is 26.2 Å². The van der Waals surface area contributed by atoms with Crippen molar-refractivity contribution in [3.8, 4) is 10.4 Å². The van der Waals surface area contributed by atoms with Gasteiger partial charge in [0.1, 0.15) is 5.78 Å². The Bertz CT molecular complexity index is 748. The van der Waals surface area contributed by atoms with E-state index in [4.69, 9.17) is 5.11 Å². The van der Waals surface area contributed by atoms with E-state index in [1.807, 2.05) is 17.8 Å². The van der Waals surface area contributed by atoms with Gasteiger partial charge in [0.15, 0.2) is 0 Å². The molecular formula is C21H30N2O3S. The molecule has 2 aromatic heterocycles. The molecule has 0 unspecified atom stereocenters. The normalized spacial score (nSPS) is 11.0. The van der Waals surface area contributed by atoms with E-state index in [0.29, 0.717) is 25.9 Å². The molecule has 0 radical (unpaired) electrons. The van der Waals surface area contributed by atoms with E-state index >= 15 is 0 Å². The average Bonchev–Trinajstić information content (AvgIpc) is 3.23. The fourth-order valence-corrected chi connectivity index (χ4v) is 3.93. The van der Waals surface area contributed by atoms with Crippen LogP contribution in [0.3, 0.4) is 0 Å². The minimum absolute atomic E-state index is 0.142. The van der Waals surface area contributed by atoms with Crippen LogP contribution in [0.5, 0.6) is 0 Å². The number of unbranched alkanes of at least 4 members (excludes halogenated alkanes) is 3. The van der Waals surface area contributed by atoms with Crippen molar-refractivity contribution in [2.45, 2.75) is 58.4 Å². The van der Waals surface area contributed by atoms with E-state index in [-0.39, 0.29) is 12.2 Å². The maximum absolute atomic E-state index is 11.9. The van der Waals surface area contributed by atoms with E-state index in [1.54, 1.807) is 11.3 Å². The van der Waals surface area contributed by atoms with Gasteiger partial charge >= 0.3 is 5.97 Å². The van der Waals surface area contributed by atoms with E-state index < -0.39 is 5.97 Å². The Balaban J connectivity index is 1.80. The first kappa shape index (κ1) is 21.4. The number of hydrogen-bond donors (Lipinski definition) is 2. The number of thiophene rings is 1. The molecule has 0 saturated carbocycles. The Labute approximate surface area is 165 Å². The number of nitrogens with one attached hydrogen (secondary N) is 1. The number of aliphatic carboxylic acids is 1. The maximum Gasteiger partial charge on any atom is 0.303 e. The van der Waals surface area contributed by atoms with Crippen molar-refractivity contribution in [2.75, 3.05) is 6.54 Å². The summed E-state index contributed by atoms with van der Waals surface area (Å²) in [5.74, 6) is -0.491. The molecule has 5 nitrogen and oxygen atoms in total. The van der Waals surface area contributed by atoms with Gasteiger partial charge in [0, 0.05) is 42.3 Å². The Kier molecular flexibility index (Phi) is 8.75. The highest BCUT2D eigenvalue weighted by atomic mass is 32.1. The summed E-state index contributed by atoms with van der Waals surface area (Å²) in [7, 11) is 1.95. The first-order valence-corrected chi connectivity index (χ1v) is 10.5. The number of nitrogens with zero attached hydrogens (tertiary/aromatic N) is 1. The molecule has 0 aliphatic carbocycles. The zero-order valence-corrected chi connectivity index (χ0v) is 17.1. The monoisotopic (exact) mass is 390 g/mol. The van der Waals surface area contributed by atoms with E-state index in [0.717, 1.165) is 29.0 Å². The third-order valence-corrected chi connectivity index (χ3v) is 5.63. The van der Waals surface area contributed by atoms with Crippen molar-refractivity contribution in [3.05, 3.63) is 35.0 Å². The standard InChI is InChI=1S/C21H30N2O3S/c1-3-4-5-6-7-19(24)13-22-12-16-10-20(27-15-16)17-11-18(23(2)14-17)8-9-21(25)26/h10-11,14-15,22H,3-9,12-13H2,1-2H3,(H,25,26). The second-order valence-corrected chi connectivity index (χ2v) is 7.91. The number of hydrogen-bond acceptors (Lipinski definition) is 4. The molecule has 0 aromatic carbocycles. The first-order valence-electron chi connectivity index (χ1n) is 9.66. The smallest absolute Gasteiger partial charge is 0.303 e. The third-order valence-electron chi connectivity index (χ3n) is 4.60. The molecule has 2 aromatic rings. The van der Waals surface area contributed by atoms with Crippen molar-refractivity contribution in [3.63, 3.8) is 0 Å². The van der Waals surface area contributed by atoms with Crippen LogP contribution >= 0.6 is 11.3 Å². The van der Waals surface area contributed by atoms with Crippen LogP contribution < -0.4 is 5.32 Å². The van der Waals surface area contributed by atoms with Crippen LogP contribution in [0.1, 0.15) is 56.7 Å². The lowest BCUT2D eigenvalue weighted by Gasteiger charge is -2.03. The largest absolute Gasteiger partial charge is 0.481 e. The van der Waals surface area contributed by atoms with Crippen LogP contribution in [-0.4, -0.2) is 28.0 Å². The summed E-state index contributed by atoms with van der Waals surface area (Å²) in [6, 6.07) is 4.20. The predicted octanol–water partition coefficient (Wildman–Crippen LogP) is 4.40. The molecule has 0 amide bonds. The summed E-state index contributed by atoms with van der Waals surface area (Å²) in [5.41, 5.74) is 3.31. The average molecular weight is 391 g/mol. The Hall–Kier alpha value is -1.92. The maximum atomic E-state index is 11.9. The number of carbonyl (C=O) groups is 2. The Morgan fingerprint density at radius 3 is 2.74 bits per heavy atom. The van der Waals surface area contributed by atoms with Crippen LogP contribution in [0, 0.1) is 0 Å². The molecule has 2 rings (SSSR count). The van der Waals surface area contributed by atoms with E-state index in [9.17, 15) is 9.59 Å². The van der Waals surface area contributed by atoms with Crippen molar-refractivity contribution in [2.24, 2.45) is 7.05 Å². The summed E-state index contributed by atoms with van der Waals surface area (Å²) >= 11 is 1.67. The summed E-state index contributed by atoms with van der Waals surface area (Å²) in [5, 5.41) is 14.2. The molecule has 0 bridgehead atoms. The summed E-state index contributed by atoms with van der Waals surface area (Å²) < 4.78 is 1.99. The van der Waals surface area contributed by atoms with Gasteiger partial charge in [-0.25, -0.2) is 0 Å². The predicted molar refractivity (Wildman–Crippen MR) is 110 cm³/mol. The van der Waals surface area contributed by atoms with Crippen molar-refractivity contribution < 1.29 is 14.7 Å². The summed E-state index contributed by atoms with van der Waals surface area (Å²) in [4.78, 5) is 23.8. The SMILES string of the molecule is CCCCCCC(=O)CNCc1csc(-c2cc(CCC(=O)O)n(C)c2)c1. The minimum atomic E-state index is -0.776. The van der Waals surface area contributed by atoms with Gasteiger partial charge in [0.2, 0.25) is 0 Å². The highest BCUT2D eigenvalue weighted by molar-refractivity contribution is 7.13. The van der Waals surface area contributed by atoms with Crippen molar-refractivity contribution in [1.29, 1.82) is 0 Å². The number of Topliss-reactive ketones (excluding diaryl/α,β-unsaturated/α-hetero) is 1. The lowest BCUT2D eigenvalue weighted by atomic mass is 10.1. The number of aryl methyl sites for hydroxylation is 2. The minimum Gasteiger partial charge on any atom is -0.481 e. The molecule has 0 aliphatic heterocycles. The van der Waals surface area contributed by atoms with Gasteiger partial charge in [-0.15, -0.1) is 11.3 Å². The molecule has 0 atom stereocenters.